The van der Waals surface area contributed by atoms with Gasteiger partial charge in [-0.2, -0.15) is 5.10 Å². The van der Waals surface area contributed by atoms with E-state index in [4.69, 9.17) is 4.74 Å². The lowest BCUT2D eigenvalue weighted by atomic mass is 10.3. The van der Waals surface area contributed by atoms with Crippen LogP contribution in [0.15, 0.2) is 17.3 Å². The highest BCUT2D eigenvalue weighted by Crippen LogP contribution is 2.18. The third-order valence-corrected chi connectivity index (χ3v) is 2.93. The fourth-order valence-electron chi connectivity index (χ4n) is 1.14. The lowest BCUT2D eigenvalue weighted by Gasteiger charge is -2.08. The number of aliphatic hydroxyl groups excluding tert-OH is 1. The number of hydrogen-bond donors (Lipinski definition) is 1. The van der Waals surface area contributed by atoms with Gasteiger partial charge in [0.05, 0.1) is 25.3 Å². The fraction of sp³-hybridized carbons (Fsp3) is 0.600. The van der Waals surface area contributed by atoms with Crippen LogP contribution in [0.1, 0.15) is 13.3 Å². The summed E-state index contributed by atoms with van der Waals surface area (Å²) in [7, 11) is 1.83. The number of hydrogen-bond acceptors (Lipinski definition) is 5. The normalized spacial score (nSPS) is 12.4. The summed E-state index contributed by atoms with van der Waals surface area (Å²) in [4.78, 5) is 12.0. The third-order valence-electron chi connectivity index (χ3n) is 1.83. The van der Waals surface area contributed by atoms with Gasteiger partial charge in [-0.3, -0.25) is 9.48 Å². The summed E-state index contributed by atoms with van der Waals surface area (Å²) >= 11 is 1.47. The Bertz CT molecular complexity index is 341. The number of aryl methyl sites for hydroxylation is 1. The van der Waals surface area contributed by atoms with E-state index in [0.717, 1.165) is 4.90 Å². The van der Waals surface area contributed by atoms with Crippen molar-refractivity contribution in [2.45, 2.75) is 24.3 Å². The molecule has 1 aromatic heterocycles. The summed E-state index contributed by atoms with van der Waals surface area (Å²) in [5, 5.41) is 13.6. The van der Waals surface area contributed by atoms with E-state index in [9.17, 15) is 9.90 Å². The lowest BCUT2D eigenvalue weighted by molar-refractivity contribution is -0.144. The van der Waals surface area contributed by atoms with Crippen molar-refractivity contribution in [2.75, 3.05) is 12.4 Å². The Morgan fingerprint density at radius 2 is 2.50 bits per heavy atom. The van der Waals surface area contributed by atoms with E-state index >= 15 is 0 Å². The van der Waals surface area contributed by atoms with Gasteiger partial charge in [0.1, 0.15) is 0 Å². The number of aromatic nitrogens is 2. The molecule has 1 rings (SSSR count). The van der Waals surface area contributed by atoms with Crippen LogP contribution in [0.25, 0.3) is 0 Å². The topological polar surface area (TPSA) is 64.3 Å². The molecule has 0 spiro atoms. The largest absolute Gasteiger partial charge is 0.466 e. The first-order valence-corrected chi connectivity index (χ1v) is 6.05. The van der Waals surface area contributed by atoms with Crippen LogP contribution >= 0.6 is 11.8 Å². The first-order chi connectivity index (χ1) is 7.61. The third kappa shape index (κ3) is 4.67. The molecule has 5 nitrogen and oxygen atoms in total. The Kier molecular flexibility index (Phi) is 5.34. The highest BCUT2D eigenvalue weighted by molar-refractivity contribution is 7.99. The second kappa shape index (κ2) is 6.55. The van der Waals surface area contributed by atoms with Crippen LogP contribution in [0.2, 0.25) is 0 Å². The van der Waals surface area contributed by atoms with Gasteiger partial charge in [0.2, 0.25) is 0 Å². The van der Waals surface area contributed by atoms with Crippen LogP contribution in [0.5, 0.6) is 0 Å². The number of aliphatic hydroxyl groups is 1. The average Bonchev–Trinajstić information content (AvgIpc) is 2.61. The molecule has 0 aliphatic heterocycles. The first kappa shape index (κ1) is 13.1. The molecule has 6 heteroatoms. The van der Waals surface area contributed by atoms with E-state index in [1.807, 2.05) is 13.2 Å². The van der Waals surface area contributed by atoms with Crippen molar-refractivity contribution >= 4 is 17.7 Å². The second-order valence-electron chi connectivity index (χ2n) is 3.32. The number of ether oxygens (including phenoxy) is 1. The minimum absolute atomic E-state index is 0.0428. The molecule has 1 N–H and O–H groups in total. The van der Waals surface area contributed by atoms with E-state index in [1.54, 1.807) is 17.8 Å². The van der Waals surface area contributed by atoms with Crippen LogP contribution in [0, 0.1) is 0 Å². The SMILES string of the molecule is CCOC(=O)CC(O)CSc1cnn(C)c1. The van der Waals surface area contributed by atoms with Gasteiger partial charge in [0.15, 0.2) is 0 Å². The van der Waals surface area contributed by atoms with Crippen LogP contribution in [-0.4, -0.2) is 39.3 Å². The Labute approximate surface area is 98.8 Å². The van der Waals surface area contributed by atoms with Gasteiger partial charge < -0.3 is 9.84 Å². The maximum Gasteiger partial charge on any atom is 0.308 e. The summed E-state index contributed by atoms with van der Waals surface area (Å²) in [5.74, 6) is 0.103. The molecule has 1 atom stereocenters. The zero-order chi connectivity index (χ0) is 12.0. The summed E-state index contributed by atoms with van der Waals surface area (Å²) < 4.78 is 6.44. The van der Waals surface area contributed by atoms with Crippen molar-refractivity contribution in [1.29, 1.82) is 0 Å². The van der Waals surface area contributed by atoms with Crippen molar-refractivity contribution in [1.82, 2.24) is 9.78 Å². The van der Waals surface area contributed by atoms with Crippen molar-refractivity contribution in [3.63, 3.8) is 0 Å². The smallest absolute Gasteiger partial charge is 0.308 e. The monoisotopic (exact) mass is 244 g/mol. The molecule has 0 aliphatic rings. The van der Waals surface area contributed by atoms with Crippen LogP contribution in [0.4, 0.5) is 0 Å². The molecule has 90 valence electrons. The Morgan fingerprint density at radius 3 is 3.06 bits per heavy atom. The standard InChI is InChI=1S/C10H16N2O3S/c1-3-15-10(14)4-8(13)7-16-9-5-11-12(2)6-9/h5-6,8,13H,3-4,7H2,1-2H3. The van der Waals surface area contributed by atoms with E-state index in [2.05, 4.69) is 5.10 Å². The van der Waals surface area contributed by atoms with Gasteiger partial charge in [-0.25, -0.2) is 0 Å². The minimum Gasteiger partial charge on any atom is -0.466 e. The quantitative estimate of drug-likeness (QED) is 0.593. The molecule has 0 saturated carbocycles. The van der Waals surface area contributed by atoms with E-state index in [1.165, 1.54) is 11.8 Å². The second-order valence-corrected chi connectivity index (χ2v) is 4.42. The molecule has 0 bridgehead atoms. The lowest BCUT2D eigenvalue weighted by Crippen LogP contribution is -2.17. The Morgan fingerprint density at radius 1 is 1.75 bits per heavy atom. The first-order valence-electron chi connectivity index (χ1n) is 5.07. The summed E-state index contributed by atoms with van der Waals surface area (Å²) in [6, 6.07) is 0. The molecule has 0 fully saturated rings. The van der Waals surface area contributed by atoms with E-state index in [0.29, 0.717) is 12.4 Å². The number of carbonyl (C=O) groups excluding carboxylic acids is 1. The van der Waals surface area contributed by atoms with Gasteiger partial charge in [0.25, 0.3) is 0 Å². The van der Waals surface area contributed by atoms with Gasteiger partial charge in [-0.05, 0) is 6.92 Å². The molecule has 16 heavy (non-hydrogen) atoms. The van der Waals surface area contributed by atoms with Gasteiger partial charge in [0, 0.05) is 23.9 Å². The number of nitrogens with zero attached hydrogens (tertiary/aromatic N) is 2. The van der Waals surface area contributed by atoms with Crippen molar-refractivity contribution < 1.29 is 14.6 Å². The molecule has 0 radical (unpaired) electrons. The number of rotatable bonds is 6. The van der Waals surface area contributed by atoms with Crippen molar-refractivity contribution in [3.8, 4) is 0 Å². The number of carbonyl (C=O) groups is 1. The highest BCUT2D eigenvalue weighted by Gasteiger charge is 2.12. The van der Waals surface area contributed by atoms with Crippen LogP contribution < -0.4 is 0 Å². The molecule has 0 saturated heterocycles. The number of thioether (sulfide) groups is 1. The van der Waals surface area contributed by atoms with Gasteiger partial charge in [-0.15, -0.1) is 11.8 Å². The summed E-state index contributed by atoms with van der Waals surface area (Å²) in [5.41, 5.74) is 0. The molecule has 1 heterocycles. The summed E-state index contributed by atoms with van der Waals surface area (Å²) in [6.45, 7) is 2.09. The Balaban J connectivity index is 2.24. The average molecular weight is 244 g/mol. The highest BCUT2D eigenvalue weighted by atomic mass is 32.2. The van der Waals surface area contributed by atoms with Crippen LogP contribution in [-0.2, 0) is 16.6 Å². The van der Waals surface area contributed by atoms with Gasteiger partial charge in [-0.1, -0.05) is 0 Å². The number of esters is 1. The molecule has 0 aromatic carbocycles. The van der Waals surface area contributed by atoms with Crippen molar-refractivity contribution in [3.05, 3.63) is 12.4 Å². The minimum atomic E-state index is -0.677. The predicted molar refractivity (Wildman–Crippen MR) is 61.2 cm³/mol. The van der Waals surface area contributed by atoms with E-state index < -0.39 is 6.10 Å². The van der Waals surface area contributed by atoms with Crippen LogP contribution in [0.3, 0.4) is 0 Å². The van der Waals surface area contributed by atoms with Gasteiger partial charge >= 0.3 is 5.97 Å². The molecular formula is C10H16N2O3S. The zero-order valence-corrected chi connectivity index (χ0v) is 10.2. The zero-order valence-electron chi connectivity index (χ0n) is 9.42. The maximum atomic E-state index is 11.1. The van der Waals surface area contributed by atoms with E-state index in [-0.39, 0.29) is 12.4 Å². The fourth-order valence-corrected chi connectivity index (χ4v) is 1.99. The molecule has 1 unspecified atom stereocenters. The molecular weight excluding hydrogens is 228 g/mol. The summed E-state index contributed by atoms with van der Waals surface area (Å²) in [6.07, 6.45) is 2.95. The predicted octanol–water partition coefficient (Wildman–Crippen LogP) is 0.826. The van der Waals surface area contributed by atoms with Crippen molar-refractivity contribution in [2.24, 2.45) is 7.05 Å². The molecule has 0 aliphatic carbocycles. The molecule has 1 aromatic rings. The Hall–Kier alpha value is -1.01. The molecule has 0 amide bonds. The maximum absolute atomic E-state index is 11.1.